The van der Waals surface area contributed by atoms with Gasteiger partial charge in [0.05, 0.1) is 12.5 Å². The lowest BCUT2D eigenvalue weighted by Crippen LogP contribution is -2.54. The van der Waals surface area contributed by atoms with Crippen molar-refractivity contribution < 1.29 is 9.59 Å². The van der Waals surface area contributed by atoms with Crippen molar-refractivity contribution in [3.63, 3.8) is 0 Å². The van der Waals surface area contributed by atoms with Gasteiger partial charge in [0.2, 0.25) is 11.8 Å². The van der Waals surface area contributed by atoms with Gasteiger partial charge in [0.25, 0.3) is 0 Å². The maximum atomic E-state index is 12.2. The van der Waals surface area contributed by atoms with Crippen LogP contribution in [0, 0.1) is 5.92 Å². The largest absolute Gasteiger partial charge is 0.368 e. The summed E-state index contributed by atoms with van der Waals surface area (Å²) in [6, 6.07) is 10.2. The van der Waals surface area contributed by atoms with Gasteiger partial charge >= 0.3 is 0 Å². The summed E-state index contributed by atoms with van der Waals surface area (Å²) in [6.45, 7) is 4.61. The van der Waals surface area contributed by atoms with Gasteiger partial charge in [-0.05, 0) is 12.1 Å². The van der Waals surface area contributed by atoms with Crippen molar-refractivity contribution in [3.05, 3.63) is 30.3 Å². The minimum atomic E-state index is -0.0185. The minimum absolute atomic E-state index is 0.00773. The van der Waals surface area contributed by atoms with Gasteiger partial charge in [-0.25, -0.2) is 0 Å². The summed E-state index contributed by atoms with van der Waals surface area (Å²) in [5.74, 6) is 0.0195. The van der Waals surface area contributed by atoms with Gasteiger partial charge in [-0.1, -0.05) is 18.2 Å². The fourth-order valence-corrected chi connectivity index (χ4v) is 2.75. The molecular weight excluding hydrogens is 280 g/mol. The van der Waals surface area contributed by atoms with Crippen LogP contribution >= 0.6 is 0 Å². The third kappa shape index (κ3) is 3.39. The van der Waals surface area contributed by atoms with Crippen LogP contribution < -0.4 is 15.5 Å². The first-order chi connectivity index (χ1) is 10.7. The van der Waals surface area contributed by atoms with Crippen LogP contribution in [0.25, 0.3) is 0 Å². The number of para-hydroxylation sites is 1. The number of piperazine rings is 1. The number of carbonyl (C=O) groups excluding carboxylic acids is 2. The highest BCUT2D eigenvalue weighted by atomic mass is 16.2. The molecule has 0 spiro atoms. The summed E-state index contributed by atoms with van der Waals surface area (Å²) in [4.78, 5) is 28.0. The second kappa shape index (κ2) is 6.79. The summed E-state index contributed by atoms with van der Waals surface area (Å²) in [7, 11) is 0. The van der Waals surface area contributed by atoms with E-state index in [9.17, 15) is 9.59 Å². The molecule has 0 radical (unpaired) electrons. The normalized spacial score (nSPS) is 18.7. The van der Waals surface area contributed by atoms with Crippen LogP contribution in [0.1, 0.15) is 0 Å². The van der Waals surface area contributed by atoms with Crippen molar-refractivity contribution in [2.75, 3.05) is 50.7 Å². The molecule has 0 aromatic heterocycles. The highest BCUT2D eigenvalue weighted by molar-refractivity contribution is 5.86. The molecule has 2 heterocycles. The first-order valence-corrected chi connectivity index (χ1v) is 7.80. The van der Waals surface area contributed by atoms with E-state index in [4.69, 9.17) is 0 Å². The summed E-state index contributed by atoms with van der Waals surface area (Å²) < 4.78 is 0. The van der Waals surface area contributed by atoms with Crippen LogP contribution in [0.2, 0.25) is 0 Å². The van der Waals surface area contributed by atoms with E-state index in [0.717, 1.165) is 26.2 Å². The Labute approximate surface area is 130 Å². The Balaban J connectivity index is 1.42. The highest BCUT2D eigenvalue weighted by Gasteiger charge is 2.26. The van der Waals surface area contributed by atoms with Crippen molar-refractivity contribution in [3.8, 4) is 0 Å². The quantitative estimate of drug-likeness (QED) is 0.799. The molecule has 2 aliphatic rings. The monoisotopic (exact) mass is 302 g/mol. The molecule has 2 aliphatic heterocycles. The molecule has 0 saturated carbocycles. The number of nitrogens with zero attached hydrogens (tertiary/aromatic N) is 2. The summed E-state index contributed by atoms with van der Waals surface area (Å²) in [5, 5.41) is 5.79. The number of carbonyl (C=O) groups is 2. The minimum Gasteiger partial charge on any atom is -0.368 e. The molecule has 2 amide bonds. The Bertz CT molecular complexity index is 522. The molecule has 2 N–H and O–H groups in total. The zero-order valence-corrected chi connectivity index (χ0v) is 12.6. The number of anilines is 1. The van der Waals surface area contributed by atoms with E-state index >= 15 is 0 Å². The molecule has 6 heteroatoms. The molecular formula is C16H22N4O2. The van der Waals surface area contributed by atoms with E-state index in [2.05, 4.69) is 27.7 Å². The van der Waals surface area contributed by atoms with Gasteiger partial charge in [-0.3, -0.25) is 9.59 Å². The van der Waals surface area contributed by atoms with Crippen LogP contribution in [0.3, 0.4) is 0 Å². The predicted molar refractivity (Wildman–Crippen MR) is 84.6 cm³/mol. The molecule has 0 atom stereocenters. The zero-order chi connectivity index (χ0) is 15.4. The molecule has 22 heavy (non-hydrogen) atoms. The average Bonchev–Trinajstić information content (AvgIpc) is 2.52. The van der Waals surface area contributed by atoms with Gasteiger partial charge < -0.3 is 20.4 Å². The van der Waals surface area contributed by atoms with Crippen molar-refractivity contribution in [2.45, 2.75) is 0 Å². The number of amides is 2. The van der Waals surface area contributed by atoms with Crippen LogP contribution in [0.5, 0.6) is 0 Å². The Morgan fingerprint density at radius 1 is 1.09 bits per heavy atom. The SMILES string of the molecule is O=C(NCC(=O)N1CCN(c2ccccc2)CC1)C1CNC1. The van der Waals surface area contributed by atoms with Crippen LogP contribution in [0.4, 0.5) is 5.69 Å². The number of hydrogen-bond acceptors (Lipinski definition) is 4. The Hall–Kier alpha value is -2.08. The smallest absolute Gasteiger partial charge is 0.242 e. The number of hydrogen-bond donors (Lipinski definition) is 2. The molecule has 2 fully saturated rings. The van der Waals surface area contributed by atoms with Crippen molar-refractivity contribution in [1.82, 2.24) is 15.5 Å². The lowest BCUT2D eigenvalue weighted by Gasteiger charge is -2.36. The van der Waals surface area contributed by atoms with Crippen LogP contribution in [0.15, 0.2) is 30.3 Å². The molecule has 1 aromatic rings. The lowest BCUT2D eigenvalue weighted by atomic mass is 10.0. The molecule has 3 rings (SSSR count). The highest BCUT2D eigenvalue weighted by Crippen LogP contribution is 2.15. The number of benzene rings is 1. The van der Waals surface area contributed by atoms with Crippen molar-refractivity contribution in [1.29, 1.82) is 0 Å². The topological polar surface area (TPSA) is 64.7 Å². The number of nitrogens with one attached hydrogen (secondary N) is 2. The lowest BCUT2D eigenvalue weighted by molar-refractivity contribution is -0.134. The van der Waals surface area contributed by atoms with E-state index in [1.165, 1.54) is 5.69 Å². The van der Waals surface area contributed by atoms with E-state index in [1.807, 2.05) is 23.1 Å². The molecule has 118 valence electrons. The van der Waals surface area contributed by atoms with E-state index in [-0.39, 0.29) is 24.3 Å². The predicted octanol–water partition coefficient (Wildman–Crippen LogP) is -0.329. The molecule has 1 aromatic carbocycles. The van der Waals surface area contributed by atoms with Gasteiger partial charge in [0.1, 0.15) is 0 Å². The Kier molecular flexibility index (Phi) is 4.58. The van der Waals surface area contributed by atoms with E-state index < -0.39 is 0 Å². The summed E-state index contributed by atoms with van der Waals surface area (Å²) in [6.07, 6.45) is 0. The van der Waals surface area contributed by atoms with Gasteiger partial charge in [-0.15, -0.1) is 0 Å². The van der Waals surface area contributed by atoms with Gasteiger partial charge in [0.15, 0.2) is 0 Å². The first-order valence-electron chi connectivity index (χ1n) is 7.80. The summed E-state index contributed by atoms with van der Waals surface area (Å²) in [5.41, 5.74) is 1.19. The maximum absolute atomic E-state index is 12.2. The summed E-state index contributed by atoms with van der Waals surface area (Å²) >= 11 is 0. The van der Waals surface area contributed by atoms with Crippen LogP contribution in [-0.4, -0.2) is 62.5 Å². The van der Waals surface area contributed by atoms with E-state index in [0.29, 0.717) is 13.1 Å². The van der Waals surface area contributed by atoms with Gasteiger partial charge in [-0.2, -0.15) is 0 Å². The molecule has 2 saturated heterocycles. The Morgan fingerprint density at radius 3 is 2.36 bits per heavy atom. The Morgan fingerprint density at radius 2 is 1.77 bits per heavy atom. The average molecular weight is 302 g/mol. The fourth-order valence-electron chi connectivity index (χ4n) is 2.75. The second-order valence-corrected chi connectivity index (χ2v) is 5.78. The van der Waals surface area contributed by atoms with Gasteiger partial charge in [0, 0.05) is 45.0 Å². The molecule has 0 unspecified atom stereocenters. The molecule has 6 nitrogen and oxygen atoms in total. The third-order valence-corrected chi connectivity index (χ3v) is 4.32. The third-order valence-electron chi connectivity index (χ3n) is 4.32. The molecule has 0 aliphatic carbocycles. The zero-order valence-electron chi connectivity index (χ0n) is 12.6. The second-order valence-electron chi connectivity index (χ2n) is 5.78. The molecule has 0 bridgehead atoms. The van der Waals surface area contributed by atoms with Crippen LogP contribution in [-0.2, 0) is 9.59 Å². The van der Waals surface area contributed by atoms with Crippen molar-refractivity contribution >= 4 is 17.5 Å². The maximum Gasteiger partial charge on any atom is 0.242 e. The number of rotatable bonds is 4. The van der Waals surface area contributed by atoms with Crippen molar-refractivity contribution in [2.24, 2.45) is 5.92 Å². The standard InChI is InChI=1S/C16H22N4O2/c21-15(12-18-16(22)13-10-17-11-13)20-8-6-19(7-9-20)14-4-2-1-3-5-14/h1-5,13,17H,6-12H2,(H,18,22). The fraction of sp³-hybridized carbons (Fsp3) is 0.500. The first kappa shape index (κ1) is 14.8. The van der Waals surface area contributed by atoms with E-state index in [1.54, 1.807) is 0 Å².